The van der Waals surface area contributed by atoms with Gasteiger partial charge in [0.25, 0.3) is 0 Å². The van der Waals surface area contributed by atoms with Gasteiger partial charge in [0.15, 0.2) is 0 Å². The number of aromatic nitrogens is 1. The van der Waals surface area contributed by atoms with Crippen LogP contribution in [-0.4, -0.2) is 52.8 Å². The lowest BCUT2D eigenvalue weighted by atomic mass is 9.95. The summed E-state index contributed by atoms with van der Waals surface area (Å²) in [6, 6.07) is 10.4. The highest BCUT2D eigenvalue weighted by Crippen LogP contribution is 2.25. The molecule has 2 aromatic rings. The van der Waals surface area contributed by atoms with E-state index in [0.29, 0.717) is 11.8 Å². The summed E-state index contributed by atoms with van der Waals surface area (Å²) in [7, 11) is 0. The van der Waals surface area contributed by atoms with E-state index in [0.717, 1.165) is 16.7 Å². The van der Waals surface area contributed by atoms with Gasteiger partial charge in [-0.05, 0) is 37.1 Å². The summed E-state index contributed by atoms with van der Waals surface area (Å²) in [6.45, 7) is 0.342. The molecule has 6 heteroatoms. The number of nitrogens with one attached hydrogen (secondary N) is 1. The fourth-order valence-electron chi connectivity index (χ4n) is 3.72. The van der Waals surface area contributed by atoms with Crippen molar-refractivity contribution in [3.8, 4) is 5.75 Å². The second-order valence-electron chi connectivity index (χ2n) is 7.27. The Morgan fingerprint density at radius 3 is 2.69 bits per heavy atom. The van der Waals surface area contributed by atoms with E-state index < -0.39 is 18.3 Å². The Balaban J connectivity index is 1.43. The van der Waals surface area contributed by atoms with Crippen LogP contribution < -0.4 is 10.1 Å². The molecule has 1 saturated heterocycles. The number of aliphatic hydroxyl groups excluding tert-OH is 2. The van der Waals surface area contributed by atoms with Gasteiger partial charge in [0.2, 0.25) is 0 Å². The number of hydrogen-bond acceptors (Lipinski definition) is 6. The zero-order valence-electron chi connectivity index (χ0n) is 14.8. The van der Waals surface area contributed by atoms with E-state index in [4.69, 9.17) is 14.5 Å². The molecule has 6 nitrogen and oxygen atoms in total. The monoisotopic (exact) mass is 358 g/mol. The van der Waals surface area contributed by atoms with E-state index in [1.54, 1.807) is 0 Å². The van der Waals surface area contributed by atoms with E-state index in [9.17, 15) is 10.2 Å². The summed E-state index contributed by atoms with van der Waals surface area (Å²) in [6.07, 6.45) is 4.07. The maximum Gasteiger partial charge on any atom is 0.126 e. The number of rotatable bonds is 5. The Hall–Kier alpha value is -1.89. The molecule has 140 valence electrons. The second kappa shape index (κ2) is 7.78. The zero-order chi connectivity index (χ0) is 17.9. The molecule has 1 aromatic carbocycles. The van der Waals surface area contributed by atoms with Gasteiger partial charge in [-0.15, -0.1) is 0 Å². The van der Waals surface area contributed by atoms with Gasteiger partial charge < -0.3 is 25.0 Å². The molecular weight excluding hydrogens is 332 g/mol. The molecule has 4 rings (SSSR count). The predicted octanol–water partition coefficient (Wildman–Crippen LogP) is 2.48. The van der Waals surface area contributed by atoms with E-state index in [-0.39, 0.29) is 13.2 Å². The minimum absolute atomic E-state index is 0.144. The highest BCUT2D eigenvalue weighted by Gasteiger charge is 2.34. The number of fused-ring (bicyclic) bond motifs is 1. The van der Waals surface area contributed by atoms with Crippen molar-refractivity contribution >= 4 is 16.7 Å². The third-order valence-corrected chi connectivity index (χ3v) is 5.29. The normalized spacial score (nSPS) is 26.9. The van der Waals surface area contributed by atoms with Gasteiger partial charge in [0.1, 0.15) is 36.5 Å². The van der Waals surface area contributed by atoms with Gasteiger partial charge in [-0.25, -0.2) is 4.98 Å². The lowest BCUT2D eigenvalue weighted by molar-refractivity contribution is -0.0000674. The first kappa shape index (κ1) is 17.5. The molecule has 26 heavy (non-hydrogen) atoms. The van der Waals surface area contributed by atoms with Gasteiger partial charge in [-0.3, -0.25) is 0 Å². The first-order valence-electron chi connectivity index (χ1n) is 9.47. The topological polar surface area (TPSA) is 83.8 Å². The molecule has 2 aliphatic rings. The minimum atomic E-state index is -0.903. The smallest absolute Gasteiger partial charge is 0.126 e. The number of ether oxygens (including phenoxy) is 2. The Morgan fingerprint density at radius 2 is 1.92 bits per heavy atom. The van der Waals surface area contributed by atoms with Crippen LogP contribution in [0.5, 0.6) is 5.75 Å². The van der Waals surface area contributed by atoms with Crippen LogP contribution >= 0.6 is 0 Å². The number of benzene rings is 1. The molecule has 3 N–H and O–H groups in total. The zero-order valence-corrected chi connectivity index (χ0v) is 14.8. The van der Waals surface area contributed by atoms with Crippen LogP contribution in [0.3, 0.4) is 0 Å². The third-order valence-electron chi connectivity index (χ3n) is 5.29. The molecule has 0 spiro atoms. The van der Waals surface area contributed by atoms with E-state index in [1.807, 2.05) is 24.3 Å². The van der Waals surface area contributed by atoms with Crippen LogP contribution in [0, 0.1) is 0 Å². The maximum atomic E-state index is 9.82. The summed E-state index contributed by atoms with van der Waals surface area (Å²) < 4.78 is 11.1. The average molecular weight is 358 g/mol. The van der Waals surface area contributed by atoms with Crippen molar-refractivity contribution in [3.05, 3.63) is 30.3 Å². The quantitative estimate of drug-likeness (QED) is 0.762. The summed E-state index contributed by atoms with van der Waals surface area (Å²) >= 11 is 0. The molecule has 2 heterocycles. The lowest BCUT2D eigenvalue weighted by Crippen LogP contribution is -2.33. The van der Waals surface area contributed by atoms with Crippen molar-refractivity contribution in [2.45, 2.75) is 56.5 Å². The average Bonchev–Trinajstić information content (AvgIpc) is 2.99. The van der Waals surface area contributed by atoms with Crippen LogP contribution in [0.15, 0.2) is 30.3 Å². The third kappa shape index (κ3) is 3.92. The first-order valence-corrected chi connectivity index (χ1v) is 9.47. The summed E-state index contributed by atoms with van der Waals surface area (Å²) in [5, 5.41) is 23.9. The number of hydrogen-bond donors (Lipinski definition) is 3. The fraction of sp³-hybridized carbons (Fsp3) is 0.550. The summed E-state index contributed by atoms with van der Waals surface area (Å²) in [5.74, 6) is 1.58. The number of nitrogens with zero attached hydrogens (tertiary/aromatic N) is 1. The highest BCUT2D eigenvalue weighted by atomic mass is 16.6. The molecule has 3 unspecified atom stereocenters. The van der Waals surface area contributed by atoms with Gasteiger partial charge in [0.05, 0.1) is 12.1 Å². The van der Waals surface area contributed by atoms with Crippen LogP contribution in [0.1, 0.15) is 32.1 Å². The van der Waals surface area contributed by atoms with Crippen molar-refractivity contribution in [1.82, 2.24) is 4.98 Å². The second-order valence-corrected chi connectivity index (χ2v) is 7.27. The van der Waals surface area contributed by atoms with Crippen molar-refractivity contribution in [1.29, 1.82) is 0 Å². The molecule has 1 aliphatic heterocycles. The molecule has 1 aromatic heterocycles. The minimum Gasteiger partial charge on any atom is -0.491 e. The van der Waals surface area contributed by atoms with Crippen molar-refractivity contribution in [2.75, 3.05) is 18.5 Å². The first-order chi connectivity index (χ1) is 12.7. The Morgan fingerprint density at radius 1 is 1.12 bits per heavy atom. The molecule has 3 atom stereocenters. The van der Waals surface area contributed by atoms with Gasteiger partial charge in [-0.1, -0.05) is 19.3 Å². The highest BCUT2D eigenvalue weighted by molar-refractivity contribution is 5.81. The van der Waals surface area contributed by atoms with Gasteiger partial charge >= 0.3 is 0 Å². The van der Waals surface area contributed by atoms with Crippen LogP contribution in [-0.2, 0) is 4.74 Å². The Bertz CT molecular complexity index is 748. The van der Waals surface area contributed by atoms with E-state index in [1.165, 1.54) is 32.1 Å². The molecule has 1 saturated carbocycles. The summed E-state index contributed by atoms with van der Waals surface area (Å²) in [4.78, 5) is 4.73. The van der Waals surface area contributed by atoms with E-state index >= 15 is 0 Å². The SMILES string of the molecule is OC1COC(COc2ccc3ccc(NC4CCCCC4)nc3c2)C1O. The molecule has 0 amide bonds. The molecule has 1 aliphatic carbocycles. The molecular formula is C20H26N2O4. The van der Waals surface area contributed by atoms with Crippen LogP contribution in [0.4, 0.5) is 5.82 Å². The lowest BCUT2D eigenvalue weighted by Gasteiger charge is -2.23. The number of pyridine rings is 1. The van der Waals surface area contributed by atoms with Crippen molar-refractivity contribution in [2.24, 2.45) is 0 Å². The van der Waals surface area contributed by atoms with Crippen LogP contribution in [0.25, 0.3) is 10.9 Å². The summed E-state index contributed by atoms with van der Waals surface area (Å²) in [5.41, 5.74) is 0.872. The fourth-order valence-corrected chi connectivity index (χ4v) is 3.72. The van der Waals surface area contributed by atoms with E-state index in [2.05, 4.69) is 11.4 Å². The van der Waals surface area contributed by atoms with Crippen molar-refractivity contribution in [3.63, 3.8) is 0 Å². The molecule has 2 fully saturated rings. The molecule has 0 bridgehead atoms. The maximum absolute atomic E-state index is 9.82. The van der Waals surface area contributed by atoms with Crippen molar-refractivity contribution < 1.29 is 19.7 Å². The molecule has 0 radical (unpaired) electrons. The Labute approximate surface area is 153 Å². The largest absolute Gasteiger partial charge is 0.491 e. The predicted molar refractivity (Wildman–Crippen MR) is 99.5 cm³/mol. The number of anilines is 1. The van der Waals surface area contributed by atoms with Crippen LogP contribution in [0.2, 0.25) is 0 Å². The van der Waals surface area contributed by atoms with Gasteiger partial charge in [-0.2, -0.15) is 0 Å². The van der Waals surface area contributed by atoms with Gasteiger partial charge in [0, 0.05) is 17.5 Å². The standard InChI is InChI=1S/C20H26N2O4/c23-17-11-26-18(20(17)24)12-25-15-8-6-13-7-9-19(22-16(13)10-15)21-14-4-2-1-3-5-14/h6-10,14,17-18,20,23-24H,1-5,11-12H2,(H,21,22). The Kier molecular flexibility index (Phi) is 5.24. The number of aliphatic hydroxyl groups is 2.